The van der Waals surface area contributed by atoms with Crippen LogP contribution in [-0.4, -0.2) is 51.2 Å². The predicted molar refractivity (Wildman–Crippen MR) is 89.1 cm³/mol. The Bertz CT molecular complexity index is 637. The highest BCUT2D eigenvalue weighted by atomic mass is 32.2. The predicted octanol–water partition coefficient (Wildman–Crippen LogP) is 1.63. The fourth-order valence-corrected chi connectivity index (χ4v) is 4.12. The van der Waals surface area contributed by atoms with E-state index in [9.17, 15) is 13.2 Å². The molecular formula is C16H24N2O4S. The van der Waals surface area contributed by atoms with Gasteiger partial charge in [0.1, 0.15) is 5.75 Å². The van der Waals surface area contributed by atoms with Crippen LogP contribution in [0, 0.1) is 0 Å². The lowest BCUT2D eigenvalue weighted by molar-refractivity contribution is 0.0711. The van der Waals surface area contributed by atoms with Crippen molar-refractivity contribution in [1.29, 1.82) is 0 Å². The lowest BCUT2D eigenvalue weighted by Crippen LogP contribution is -2.46. The number of carbonyl (C=O) groups excluding carboxylic acids is 1. The number of hydrogen-bond acceptors (Lipinski definition) is 4. The molecular weight excluding hydrogens is 316 g/mol. The minimum atomic E-state index is -3.20. The Kier molecular flexibility index (Phi) is 6.01. The fourth-order valence-electron chi connectivity index (χ4n) is 2.72. The second kappa shape index (κ2) is 7.79. The van der Waals surface area contributed by atoms with E-state index in [0.717, 1.165) is 0 Å². The molecule has 1 amide bonds. The molecule has 2 rings (SSSR count). The van der Waals surface area contributed by atoms with E-state index in [-0.39, 0.29) is 17.7 Å². The Morgan fingerprint density at radius 1 is 1.35 bits per heavy atom. The van der Waals surface area contributed by atoms with E-state index < -0.39 is 10.0 Å². The molecule has 1 saturated heterocycles. The number of rotatable bonds is 6. The Morgan fingerprint density at radius 3 is 2.65 bits per heavy atom. The van der Waals surface area contributed by atoms with Crippen molar-refractivity contribution in [1.82, 2.24) is 9.62 Å². The van der Waals surface area contributed by atoms with Crippen LogP contribution in [0.2, 0.25) is 0 Å². The second-order valence-electron chi connectivity index (χ2n) is 5.74. The van der Waals surface area contributed by atoms with Gasteiger partial charge in [0.05, 0.1) is 12.9 Å². The van der Waals surface area contributed by atoms with E-state index in [4.69, 9.17) is 4.74 Å². The van der Waals surface area contributed by atoms with E-state index in [1.54, 1.807) is 36.3 Å². The highest BCUT2D eigenvalue weighted by Crippen LogP contribution is 2.18. The summed E-state index contributed by atoms with van der Waals surface area (Å²) < 4.78 is 31.5. The molecule has 1 heterocycles. The van der Waals surface area contributed by atoms with E-state index >= 15 is 0 Å². The van der Waals surface area contributed by atoms with Crippen molar-refractivity contribution in [3.8, 4) is 5.75 Å². The molecule has 0 bridgehead atoms. The highest BCUT2D eigenvalue weighted by Gasteiger charge is 2.26. The quantitative estimate of drug-likeness (QED) is 0.854. The summed E-state index contributed by atoms with van der Waals surface area (Å²) in [4.78, 5) is 14.3. The molecule has 1 aromatic rings. The van der Waals surface area contributed by atoms with Crippen LogP contribution in [0.15, 0.2) is 24.3 Å². The minimum absolute atomic E-state index is 0.0428. The summed E-state index contributed by atoms with van der Waals surface area (Å²) >= 11 is 0. The summed E-state index contributed by atoms with van der Waals surface area (Å²) in [5.41, 5.74) is 0.592. The molecule has 1 aliphatic heterocycles. The normalized spacial score (nSPS) is 16.3. The number of nitrogens with one attached hydrogen (secondary N) is 1. The summed E-state index contributed by atoms with van der Waals surface area (Å²) in [5.74, 6) is 0.757. The van der Waals surface area contributed by atoms with Crippen molar-refractivity contribution in [2.75, 3.05) is 26.0 Å². The maximum absolute atomic E-state index is 12.5. The lowest BCUT2D eigenvalue weighted by atomic mass is 10.0. The first-order chi connectivity index (χ1) is 10.9. The Hall–Kier alpha value is -1.60. The smallest absolute Gasteiger partial charge is 0.253 e. The van der Waals surface area contributed by atoms with Crippen LogP contribution in [0.5, 0.6) is 5.75 Å². The summed E-state index contributed by atoms with van der Waals surface area (Å²) in [7, 11) is -1.63. The van der Waals surface area contributed by atoms with Gasteiger partial charge in [-0.05, 0) is 37.5 Å². The highest BCUT2D eigenvalue weighted by molar-refractivity contribution is 7.89. The average Bonchev–Trinajstić information content (AvgIpc) is 2.54. The number of methoxy groups -OCH3 is 1. The first kappa shape index (κ1) is 17.7. The molecule has 0 spiro atoms. The Balaban J connectivity index is 1.92. The van der Waals surface area contributed by atoms with E-state index in [0.29, 0.717) is 43.7 Å². The van der Waals surface area contributed by atoms with Gasteiger partial charge in [-0.15, -0.1) is 0 Å². The number of ether oxygens (including phenoxy) is 1. The molecule has 0 aliphatic carbocycles. The molecule has 0 unspecified atom stereocenters. The molecule has 6 nitrogen and oxygen atoms in total. The van der Waals surface area contributed by atoms with Gasteiger partial charge < -0.3 is 9.64 Å². The summed E-state index contributed by atoms with van der Waals surface area (Å²) in [6, 6.07) is 6.99. The van der Waals surface area contributed by atoms with Gasteiger partial charge >= 0.3 is 0 Å². The summed E-state index contributed by atoms with van der Waals surface area (Å²) in [6.45, 7) is 2.94. The molecule has 1 aliphatic rings. The standard InChI is InChI=1S/C16H24N2O4S/c1-3-11-23(20,21)17-14-7-9-18(10-8-14)16(19)13-5-4-6-15(12-13)22-2/h4-6,12,14,17H,3,7-11H2,1-2H3. The molecule has 0 radical (unpaired) electrons. The van der Waals surface area contributed by atoms with Crippen molar-refractivity contribution < 1.29 is 17.9 Å². The molecule has 1 aromatic carbocycles. The molecule has 128 valence electrons. The van der Waals surface area contributed by atoms with Gasteiger partial charge in [0.2, 0.25) is 10.0 Å². The number of piperidine rings is 1. The average molecular weight is 340 g/mol. The monoisotopic (exact) mass is 340 g/mol. The minimum Gasteiger partial charge on any atom is -0.497 e. The summed E-state index contributed by atoms with van der Waals surface area (Å²) in [5, 5.41) is 0. The molecule has 23 heavy (non-hydrogen) atoms. The van der Waals surface area contributed by atoms with Crippen LogP contribution in [0.1, 0.15) is 36.5 Å². The number of carbonyl (C=O) groups is 1. The van der Waals surface area contributed by atoms with Gasteiger partial charge in [-0.1, -0.05) is 13.0 Å². The largest absolute Gasteiger partial charge is 0.497 e. The zero-order chi connectivity index (χ0) is 16.9. The maximum Gasteiger partial charge on any atom is 0.253 e. The van der Waals surface area contributed by atoms with E-state index in [2.05, 4.69) is 4.72 Å². The van der Waals surface area contributed by atoms with Crippen LogP contribution in [0.4, 0.5) is 0 Å². The van der Waals surface area contributed by atoms with E-state index in [1.165, 1.54) is 0 Å². The number of hydrogen-bond donors (Lipinski definition) is 1. The number of nitrogens with zero attached hydrogens (tertiary/aromatic N) is 1. The Morgan fingerprint density at radius 2 is 2.04 bits per heavy atom. The molecule has 0 aromatic heterocycles. The number of benzene rings is 1. The van der Waals surface area contributed by atoms with Crippen LogP contribution in [-0.2, 0) is 10.0 Å². The molecule has 0 saturated carbocycles. The van der Waals surface area contributed by atoms with Gasteiger partial charge in [0.25, 0.3) is 5.91 Å². The zero-order valence-corrected chi connectivity index (χ0v) is 14.4. The summed E-state index contributed by atoms with van der Waals surface area (Å²) in [6.07, 6.45) is 1.87. The van der Waals surface area contributed by atoms with Crippen molar-refractivity contribution >= 4 is 15.9 Å². The Labute approximate surface area is 137 Å². The van der Waals surface area contributed by atoms with Crippen molar-refractivity contribution in [3.63, 3.8) is 0 Å². The molecule has 7 heteroatoms. The van der Waals surface area contributed by atoms with Crippen LogP contribution >= 0.6 is 0 Å². The number of amides is 1. The van der Waals surface area contributed by atoms with Crippen molar-refractivity contribution in [2.24, 2.45) is 0 Å². The van der Waals surface area contributed by atoms with Gasteiger partial charge in [0, 0.05) is 24.7 Å². The molecule has 1 fully saturated rings. The number of likely N-dealkylation sites (tertiary alicyclic amines) is 1. The third kappa shape index (κ3) is 4.94. The fraction of sp³-hybridized carbons (Fsp3) is 0.562. The van der Waals surface area contributed by atoms with Crippen LogP contribution in [0.25, 0.3) is 0 Å². The zero-order valence-electron chi connectivity index (χ0n) is 13.6. The van der Waals surface area contributed by atoms with E-state index in [1.807, 2.05) is 6.92 Å². The topological polar surface area (TPSA) is 75.7 Å². The number of sulfonamides is 1. The molecule has 1 N–H and O–H groups in total. The lowest BCUT2D eigenvalue weighted by Gasteiger charge is -2.32. The first-order valence-corrected chi connectivity index (χ1v) is 9.53. The SMILES string of the molecule is CCCS(=O)(=O)NC1CCN(C(=O)c2cccc(OC)c2)CC1. The first-order valence-electron chi connectivity index (χ1n) is 7.88. The van der Waals surface area contributed by atoms with Crippen molar-refractivity contribution in [2.45, 2.75) is 32.2 Å². The van der Waals surface area contributed by atoms with Gasteiger partial charge in [-0.3, -0.25) is 4.79 Å². The molecule has 0 atom stereocenters. The maximum atomic E-state index is 12.5. The van der Waals surface area contributed by atoms with Crippen LogP contribution < -0.4 is 9.46 Å². The third-order valence-electron chi connectivity index (χ3n) is 3.92. The second-order valence-corrected chi connectivity index (χ2v) is 7.61. The van der Waals surface area contributed by atoms with Crippen molar-refractivity contribution in [3.05, 3.63) is 29.8 Å². The van der Waals surface area contributed by atoms with Gasteiger partial charge in [0.15, 0.2) is 0 Å². The van der Waals surface area contributed by atoms with Gasteiger partial charge in [-0.2, -0.15) is 0 Å². The third-order valence-corrected chi connectivity index (χ3v) is 5.56. The van der Waals surface area contributed by atoms with Gasteiger partial charge in [-0.25, -0.2) is 13.1 Å². The van der Waals surface area contributed by atoms with Crippen LogP contribution in [0.3, 0.4) is 0 Å².